The van der Waals surface area contributed by atoms with Crippen LogP contribution in [0.15, 0.2) is 23.3 Å². The largest absolute Gasteiger partial charge is 0.396 e. The lowest BCUT2D eigenvalue weighted by molar-refractivity contribution is 0.650. The van der Waals surface area contributed by atoms with Crippen LogP contribution in [0.1, 0.15) is 11.5 Å². The molecule has 0 aliphatic heterocycles. The van der Waals surface area contributed by atoms with Gasteiger partial charge in [0.2, 0.25) is 0 Å². The molecule has 0 amide bonds. The highest BCUT2D eigenvalue weighted by molar-refractivity contribution is 5.30. The van der Waals surface area contributed by atoms with E-state index in [1.807, 2.05) is 0 Å². The van der Waals surface area contributed by atoms with Gasteiger partial charge in [0.05, 0.1) is 18.4 Å². The van der Waals surface area contributed by atoms with Crippen LogP contribution in [0, 0.1) is 6.92 Å². The summed E-state index contributed by atoms with van der Waals surface area (Å²) >= 11 is 0. The molecule has 15 heavy (non-hydrogen) atoms. The first kappa shape index (κ1) is 9.45. The number of anilines is 1. The second-order valence-electron chi connectivity index (χ2n) is 3.30. The van der Waals surface area contributed by atoms with Crippen molar-refractivity contribution in [3.05, 3.63) is 40.3 Å². The third-order valence-electron chi connectivity index (χ3n) is 1.88. The summed E-state index contributed by atoms with van der Waals surface area (Å²) in [6.07, 6.45) is 3.23. The molecule has 0 radical (unpaired) electrons. The first-order valence-electron chi connectivity index (χ1n) is 4.48. The Bertz CT molecular complexity index is 527. The zero-order valence-corrected chi connectivity index (χ0v) is 8.27. The monoisotopic (exact) mass is 205 g/mol. The Morgan fingerprint density at radius 2 is 2.40 bits per heavy atom. The number of aromatic amines is 1. The van der Waals surface area contributed by atoms with Gasteiger partial charge < -0.3 is 10.7 Å². The Labute approximate surface area is 85.8 Å². The molecule has 2 aromatic heterocycles. The van der Waals surface area contributed by atoms with Gasteiger partial charge in [0.25, 0.3) is 5.56 Å². The standard InChI is InChI=1S/C9H11N5O/c1-6-2-9(15)13-8(12-6)5-14-4-7(10)3-11-14/h2-4H,5,10H2,1H3,(H,12,13,15). The van der Waals surface area contributed by atoms with Gasteiger partial charge in [0.15, 0.2) is 0 Å². The third kappa shape index (κ3) is 2.22. The molecule has 2 rings (SSSR count). The average Bonchev–Trinajstić information content (AvgIpc) is 2.49. The van der Waals surface area contributed by atoms with Crippen molar-refractivity contribution in [2.45, 2.75) is 13.5 Å². The summed E-state index contributed by atoms with van der Waals surface area (Å²) in [6.45, 7) is 2.18. The molecule has 0 aliphatic rings. The van der Waals surface area contributed by atoms with Gasteiger partial charge in [-0.05, 0) is 6.92 Å². The Morgan fingerprint density at radius 1 is 1.60 bits per heavy atom. The van der Waals surface area contributed by atoms with Crippen LogP contribution in [0.5, 0.6) is 0 Å². The van der Waals surface area contributed by atoms with Gasteiger partial charge in [-0.3, -0.25) is 9.48 Å². The van der Waals surface area contributed by atoms with E-state index < -0.39 is 0 Å². The van der Waals surface area contributed by atoms with Gasteiger partial charge in [-0.15, -0.1) is 0 Å². The first-order chi connectivity index (χ1) is 7.13. The molecule has 0 spiro atoms. The molecule has 6 heteroatoms. The Kier molecular flexibility index (Phi) is 2.24. The van der Waals surface area contributed by atoms with Gasteiger partial charge in [-0.25, -0.2) is 4.98 Å². The van der Waals surface area contributed by atoms with E-state index in [9.17, 15) is 4.79 Å². The van der Waals surface area contributed by atoms with Crippen molar-refractivity contribution >= 4 is 5.69 Å². The third-order valence-corrected chi connectivity index (χ3v) is 1.88. The predicted molar refractivity (Wildman–Crippen MR) is 55.3 cm³/mol. The normalized spacial score (nSPS) is 10.5. The fourth-order valence-corrected chi connectivity index (χ4v) is 1.34. The molecule has 3 N–H and O–H groups in total. The van der Waals surface area contributed by atoms with Crippen LogP contribution in [0.2, 0.25) is 0 Å². The van der Waals surface area contributed by atoms with E-state index in [4.69, 9.17) is 5.73 Å². The van der Waals surface area contributed by atoms with Gasteiger partial charge >= 0.3 is 0 Å². The maximum absolute atomic E-state index is 11.2. The van der Waals surface area contributed by atoms with Crippen molar-refractivity contribution in [3.8, 4) is 0 Å². The van der Waals surface area contributed by atoms with Crippen LogP contribution in [0.25, 0.3) is 0 Å². The minimum Gasteiger partial charge on any atom is -0.396 e. The zero-order valence-electron chi connectivity index (χ0n) is 8.27. The van der Waals surface area contributed by atoms with Gasteiger partial charge in [0.1, 0.15) is 5.82 Å². The molecule has 2 heterocycles. The number of nitrogens with two attached hydrogens (primary N) is 1. The lowest BCUT2D eigenvalue weighted by Gasteiger charge is -2.01. The number of aryl methyl sites for hydroxylation is 1. The maximum atomic E-state index is 11.2. The summed E-state index contributed by atoms with van der Waals surface area (Å²) < 4.78 is 1.62. The number of rotatable bonds is 2. The summed E-state index contributed by atoms with van der Waals surface area (Å²) in [5.41, 5.74) is 6.64. The minimum atomic E-state index is -0.155. The highest BCUT2D eigenvalue weighted by Gasteiger charge is 2.00. The number of H-pyrrole nitrogens is 1. The number of hydrogen-bond donors (Lipinski definition) is 2. The second-order valence-corrected chi connectivity index (χ2v) is 3.30. The molecule has 78 valence electrons. The minimum absolute atomic E-state index is 0.155. The van der Waals surface area contributed by atoms with Crippen molar-refractivity contribution in [2.24, 2.45) is 0 Å². The number of nitrogens with zero attached hydrogens (tertiary/aromatic N) is 3. The summed E-state index contributed by atoms with van der Waals surface area (Å²) in [5, 5.41) is 4.00. The highest BCUT2D eigenvalue weighted by atomic mass is 16.1. The van der Waals surface area contributed by atoms with Crippen LogP contribution in [-0.4, -0.2) is 19.7 Å². The predicted octanol–water partition coefficient (Wildman–Crippen LogP) is -0.0947. The van der Waals surface area contributed by atoms with Crippen LogP contribution in [0.4, 0.5) is 5.69 Å². The molecule has 0 unspecified atom stereocenters. The van der Waals surface area contributed by atoms with E-state index in [0.717, 1.165) is 0 Å². The summed E-state index contributed by atoms with van der Waals surface area (Å²) in [6, 6.07) is 1.45. The fourth-order valence-electron chi connectivity index (χ4n) is 1.34. The summed E-state index contributed by atoms with van der Waals surface area (Å²) in [7, 11) is 0. The Hall–Kier alpha value is -2.11. The quantitative estimate of drug-likeness (QED) is 0.716. The Morgan fingerprint density at radius 3 is 3.00 bits per heavy atom. The lowest BCUT2D eigenvalue weighted by Crippen LogP contribution is -2.14. The fraction of sp³-hybridized carbons (Fsp3) is 0.222. The van der Waals surface area contributed by atoms with E-state index in [0.29, 0.717) is 23.8 Å². The highest BCUT2D eigenvalue weighted by Crippen LogP contribution is 2.00. The van der Waals surface area contributed by atoms with Crippen LogP contribution >= 0.6 is 0 Å². The second kappa shape index (κ2) is 3.56. The Balaban J connectivity index is 2.28. The smallest absolute Gasteiger partial charge is 0.251 e. The molecule has 0 fully saturated rings. The van der Waals surface area contributed by atoms with Crippen molar-refractivity contribution in [2.75, 3.05) is 5.73 Å². The maximum Gasteiger partial charge on any atom is 0.251 e. The van der Waals surface area contributed by atoms with Crippen molar-refractivity contribution in [1.82, 2.24) is 19.7 Å². The molecular formula is C9H11N5O. The van der Waals surface area contributed by atoms with E-state index >= 15 is 0 Å². The molecule has 6 nitrogen and oxygen atoms in total. The number of nitrogen functional groups attached to an aromatic ring is 1. The van der Waals surface area contributed by atoms with Gasteiger partial charge in [-0.2, -0.15) is 5.10 Å². The number of nitrogens with one attached hydrogen (secondary N) is 1. The van der Waals surface area contributed by atoms with Crippen molar-refractivity contribution < 1.29 is 0 Å². The molecule has 2 aromatic rings. The van der Waals surface area contributed by atoms with Crippen molar-refractivity contribution in [1.29, 1.82) is 0 Å². The molecule has 0 bridgehead atoms. The van der Waals surface area contributed by atoms with E-state index in [2.05, 4.69) is 15.1 Å². The molecule has 0 saturated carbocycles. The molecule has 0 aromatic carbocycles. The topological polar surface area (TPSA) is 89.6 Å². The van der Waals surface area contributed by atoms with E-state index in [1.54, 1.807) is 24.0 Å². The van der Waals surface area contributed by atoms with Crippen LogP contribution < -0.4 is 11.3 Å². The molecular weight excluding hydrogens is 194 g/mol. The molecule has 0 atom stereocenters. The first-order valence-corrected chi connectivity index (χ1v) is 4.48. The number of hydrogen-bond acceptors (Lipinski definition) is 4. The molecule has 0 aliphatic carbocycles. The SMILES string of the molecule is Cc1cc(=O)[nH]c(Cn2cc(N)cn2)n1. The summed E-state index contributed by atoms with van der Waals surface area (Å²) in [4.78, 5) is 18.0. The van der Waals surface area contributed by atoms with Crippen LogP contribution in [0.3, 0.4) is 0 Å². The van der Waals surface area contributed by atoms with Gasteiger partial charge in [0, 0.05) is 18.0 Å². The van der Waals surface area contributed by atoms with Crippen molar-refractivity contribution in [3.63, 3.8) is 0 Å². The van der Waals surface area contributed by atoms with Gasteiger partial charge in [-0.1, -0.05) is 0 Å². The molecule has 0 saturated heterocycles. The zero-order chi connectivity index (χ0) is 10.8. The van der Waals surface area contributed by atoms with E-state index in [-0.39, 0.29) is 5.56 Å². The lowest BCUT2D eigenvalue weighted by atomic mass is 10.4. The van der Waals surface area contributed by atoms with E-state index in [1.165, 1.54) is 6.07 Å². The summed E-state index contributed by atoms with van der Waals surface area (Å²) in [5.74, 6) is 0.572. The number of aromatic nitrogens is 4. The van der Waals surface area contributed by atoms with Crippen LogP contribution in [-0.2, 0) is 6.54 Å². The average molecular weight is 205 g/mol.